The average molecular weight is 315 g/mol. The summed E-state index contributed by atoms with van der Waals surface area (Å²) in [6.07, 6.45) is 0. The molecule has 1 atom stereocenters. The van der Waals surface area contributed by atoms with Crippen LogP contribution in [0, 0.1) is 0 Å². The second kappa shape index (κ2) is 7.51. The lowest BCUT2D eigenvalue weighted by Crippen LogP contribution is -2.43. The smallest absolute Gasteiger partial charge is 0.242 e. The lowest BCUT2D eigenvalue weighted by Gasteiger charge is -2.13. The lowest BCUT2D eigenvalue weighted by atomic mass is 10.2. The first kappa shape index (κ1) is 17.6. The lowest BCUT2D eigenvalue weighted by molar-refractivity contribution is -0.123. The molecule has 0 aliphatic rings. The Morgan fingerprint density at radius 2 is 1.90 bits per heavy atom. The highest BCUT2D eigenvalue weighted by atomic mass is 32.2. The van der Waals surface area contributed by atoms with Gasteiger partial charge in [-0.15, -0.1) is 0 Å². The number of hydrogen-bond acceptors (Lipinski definition) is 5. The normalized spacial score (nSPS) is 13.2. The molecule has 1 aromatic carbocycles. The molecule has 0 aromatic heterocycles. The Hall–Kier alpha value is -1.48. The largest absolute Gasteiger partial charge is 0.383 e. The number of rotatable bonds is 7. The van der Waals surface area contributed by atoms with Crippen molar-refractivity contribution in [3.63, 3.8) is 0 Å². The van der Waals surface area contributed by atoms with Crippen LogP contribution < -0.4 is 11.1 Å². The summed E-state index contributed by atoms with van der Waals surface area (Å²) in [5.41, 5.74) is 6.37. The third-order valence-corrected chi connectivity index (χ3v) is 4.68. The van der Waals surface area contributed by atoms with E-state index in [1.165, 1.54) is 33.3 Å². The number of sulfonamides is 1. The molecule has 21 heavy (non-hydrogen) atoms. The Kier molecular flexibility index (Phi) is 6.28. The van der Waals surface area contributed by atoms with Gasteiger partial charge in [-0.3, -0.25) is 4.79 Å². The number of hydrogen-bond donors (Lipinski definition) is 2. The van der Waals surface area contributed by atoms with Gasteiger partial charge >= 0.3 is 0 Å². The summed E-state index contributed by atoms with van der Waals surface area (Å²) in [5, 5.41) is 2.66. The van der Waals surface area contributed by atoms with Crippen LogP contribution in [0.25, 0.3) is 0 Å². The zero-order valence-corrected chi connectivity index (χ0v) is 13.2. The molecule has 0 fully saturated rings. The van der Waals surface area contributed by atoms with Crippen LogP contribution in [0.5, 0.6) is 0 Å². The van der Waals surface area contributed by atoms with Gasteiger partial charge in [0, 0.05) is 27.7 Å². The first-order valence-electron chi connectivity index (χ1n) is 6.32. The van der Waals surface area contributed by atoms with Crippen molar-refractivity contribution in [3.05, 3.63) is 29.8 Å². The van der Waals surface area contributed by atoms with Crippen molar-refractivity contribution in [1.29, 1.82) is 0 Å². The molecule has 0 bridgehead atoms. The molecule has 7 nitrogen and oxygen atoms in total. The van der Waals surface area contributed by atoms with Crippen LogP contribution in [0.4, 0.5) is 0 Å². The maximum Gasteiger partial charge on any atom is 0.242 e. The van der Waals surface area contributed by atoms with Crippen LogP contribution >= 0.6 is 0 Å². The van der Waals surface area contributed by atoms with Crippen molar-refractivity contribution in [1.82, 2.24) is 9.62 Å². The fourth-order valence-electron chi connectivity index (χ4n) is 1.57. The van der Waals surface area contributed by atoms with Crippen molar-refractivity contribution >= 4 is 15.9 Å². The number of carbonyl (C=O) groups is 1. The van der Waals surface area contributed by atoms with Gasteiger partial charge in [0.05, 0.1) is 11.5 Å². The summed E-state index contributed by atoms with van der Waals surface area (Å²) in [5.74, 6) is -0.318. The van der Waals surface area contributed by atoms with Gasteiger partial charge in [0.15, 0.2) is 0 Å². The second-order valence-corrected chi connectivity index (χ2v) is 6.86. The van der Waals surface area contributed by atoms with Crippen LogP contribution in [0.15, 0.2) is 29.2 Å². The van der Waals surface area contributed by atoms with E-state index in [9.17, 15) is 13.2 Å². The molecule has 1 amide bonds. The fourth-order valence-corrected chi connectivity index (χ4v) is 2.47. The third kappa shape index (κ3) is 4.78. The topological polar surface area (TPSA) is 102 Å². The van der Waals surface area contributed by atoms with Gasteiger partial charge < -0.3 is 15.8 Å². The summed E-state index contributed by atoms with van der Waals surface area (Å²) < 4.78 is 29.7. The van der Waals surface area contributed by atoms with Crippen LogP contribution in [0.3, 0.4) is 0 Å². The van der Waals surface area contributed by atoms with Crippen molar-refractivity contribution in [2.45, 2.75) is 17.5 Å². The summed E-state index contributed by atoms with van der Waals surface area (Å²) in [7, 11) is 0.979. The van der Waals surface area contributed by atoms with Crippen LogP contribution in [0.2, 0.25) is 0 Å². The molecule has 1 unspecified atom stereocenters. The molecule has 0 saturated heterocycles. The number of amides is 1. The first-order chi connectivity index (χ1) is 9.78. The molecule has 0 saturated carbocycles. The van der Waals surface area contributed by atoms with Gasteiger partial charge in [-0.1, -0.05) is 12.1 Å². The molecule has 0 radical (unpaired) electrons. The maximum atomic E-state index is 11.9. The van der Waals surface area contributed by atoms with Crippen molar-refractivity contribution in [3.8, 4) is 0 Å². The Bertz CT molecular complexity index is 570. The molecular weight excluding hydrogens is 294 g/mol. The SMILES string of the molecule is COCC(N)C(=O)NCc1ccc(S(=O)(=O)N(C)C)cc1. The molecule has 0 aliphatic heterocycles. The second-order valence-electron chi connectivity index (χ2n) is 4.71. The Balaban J connectivity index is 2.66. The van der Waals surface area contributed by atoms with Crippen LogP contribution in [-0.2, 0) is 26.1 Å². The van der Waals surface area contributed by atoms with Gasteiger partial charge in [0.1, 0.15) is 6.04 Å². The van der Waals surface area contributed by atoms with E-state index in [0.29, 0.717) is 0 Å². The Morgan fingerprint density at radius 3 is 2.38 bits per heavy atom. The van der Waals surface area contributed by atoms with E-state index < -0.39 is 16.1 Å². The maximum absolute atomic E-state index is 11.9. The Morgan fingerprint density at radius 1 is 1.33 bits per heavy atom. The average Bonchev–Trinajstić information content (AvgIpc) is 2.45. The highest BCUT2D eigenvalue weighted by Crippen LogP contribution is 2.13. The molecule has 118 valence electrons. The summed E-state index contributed by atoms with van der Waals surface area (Å²) in [4.78, 5) is 11.8. The summed E-state index contributed by atoms with van der Waals surface area (Å²) in [6.45, 7) is 0.421. The summed E-state index contributed by atoms with van der Waals surface area (Å²) in [6, 6.07) is 5.60. The molecule has 0 heterocycles. The molecule has 1 rings (SSSR count). The molecule has 8 heteroatoms. The van der Waals surface area contributed by atoms with E-state index >= 15 is 0 Å². The highest BCUT2D eigenvalue weighted by molar-refractivity contribution is 7.89. The van der Waals surface area contributed by atoms with Gasteiger partial charge in [0.2, 0.25) is 15.9 Å². The van der Waals surface area contributed by atoms with E-state index in [-0.39, 0.29) is 24.0 Å². The van der Waals surface area contributed by atoms with E-state index in [1.807, 2.05) is 0 Å². The Labute approximate surface area is 125 Å². The minimum atomic E-state index is -3.44. The molecule has 0 spiro atoms. The quantitative estimate of drug-likeness (QED) is 0.708. The number of nitrogens with zero attached hydrogens (tertiary/aromatic N) is 1. The van der Waals surface area contributed by atoms with Crippen molar-refractivity contribution in [2.24, 2.45) is 5.73 Å². The number of ether oxygens (including phenoxy) is 1. The fraction of sp³-hybridized carbons (Fsp3) is 0.462. The monoisotopic (exact) mass is 315 g/mol. The van der Waals surface area contributed by atoms with Crippen LogP contribution in [0.1, 0.15) is 5.56 Å². The number of nitrogens with one attached hydrogen (secondary N) is 1. The van der Waals surface area contributed by atoms with E-state index in [4.69, 9.17) is 10.5 Å². The number of benzene rings is 1. The highest BCUT2D eigenvalue weighted by Gasteiger charge is 2.17. The van der Waals surface area contributed by atoms with E-state index in [1.54, 1.807) is 12.1 Å². The first-order valence-corrected chi connectivity index (χ1v) is 7.76. The molecule has 1 aromatic rings. The van der Waals surface area contributed by atoms with Crippen molar-refractivity contribution in [2.75, 3.05) is 27.8 Å². The van der Waals surface area contributed by atoms with Gasteiger partial charge in [-0.05, 0) is 17.7 Å². The van der Waals surface area contributed by atoms with E-state index in [0.717, 1.165) is 9.87 Å². The predicted octanol–water partition coefficient (Wildman–Crippen LogP) is -0.473. The van der Waals surface area contributed by atoms with Crippen LogP contribution in [-0.4, -0.2) is 52.5 Å². The van der Waals surface area contributed by atoms with Gasteiger partial charge in [-0.2, -0.15) is 0 Å². The molecule has 0 aliphatic carbocycles. The van der Waals surface area contributed by atoms with Crippen molar-refractivity contribution < 1.29 is 17.9 Å². The zero-order chi connectivity index (χ0) is 16.0. The minimum Gasteiger partial charge on any atom is -0.383 e. The predicted molar refractivity (Wildman–Crippen MR) is 79.0 cm³/mol. The molecule has 3 N–H and O–H groups in total. The zero-order valence-electron chi connectivity index (χ0n) is 12.4. The molecular formula is C13H21N3O4S. The standard InChI is InChI=1S/C13H21N3O4S/c1-16(2)21(18,19)11-6-4-10(5-7-11)8-15-13(17)12(14)9-20-3/h4-7,12H,8-9,14H2,1-3H3,(H,15,17). The minimum absolute atomic E-state index is 0.145. The van der Waals surface area contributed by atoms with E-state index in [2.05, 4.69) is 5.32 Å². The number of carbonyl (C=O) groups excluding carboxylic acids is 1. The van der Waals surface area contributed by atoms with Gasteiger partial charge in [0.25, 0.3) is 0 Å². The number of nitrogens with two attached hydrogens (primary N) is 1. The van der Waals surface area contributed by atoms with Gasteiger partial charge in [-0.25, -0.2) is 12.7 Å². The summed E-state index contributed by atoms with van der Waals surface area (Å²) >= 11 is 0. The number of methoxy groups -OCH3 is 1. The third-order valence-electron chi connectivity index (χ3n) is 2.85.